The lowest BCUT2D eigenvalue weighted by Crippen LogP contribution is -2.46. The van der Waals surface area contributed by atoms with Crippen LogP contribution in [0, 0.1) is 16.7 Å². The monoisotopic (exact) mass is 349 g/mol. The number of alkyl halides is 1. The molecule has 3 fully saturated rings. The summed E-state index contributed by atoms with van der Waals surface area (Å²) in [7, 11) is -3.45. The lowest BCUT2D eigenvalue weighted by molar-refractivity contribution is -0.128. The summed E-state index contributed by atoms with van der Waals surface area (Å²) in [5.41, 5.74) is -0.191. The maximum atomic E-state index is 12.5. The van der Waals surface area contributed by atoms with E-state index in [1.807, 2.05) is 0 Å². The van der Waals surface area contributed by atoms with Crippen LogP contribution in [-0.2, 0) is 14.8 Å². The molecule has 19 heavy (non-hydrogen) atoms. The lowest BCUT2D eigenvalue weighted by Gasteiger charge is -2.37. The average Bonchev–Trinajstić information content (AvgIpc) is 2.74. The van der Waals surface area contributed by atoms with Crippen LogP contribution in [0.25, 0.3) is 0 Å². The molecule has 0 radical (unpaired) electrons. The molecule has 2 bridgehead atoms. The molecule has 4 atom stereocenters. The van der Waals surface area contributed by atoms with Crippen LogP contribution in [0.3, 0.4) is 0 Å². The molecule has 3 aliphatic rings. The minimum atomic E-state index is -3.45. The molecule has 4 unspecified atom stereocenters. The molecular weight excluding hydrogens is 330 g/mol. The van der Waals surface area contributed by atoms with Gasteiger partial charge in [-0.3, -0.25) is 4.79 Å². The third-order valence-corrected chi connectivity index (χ3v) is 8.27. The SMILES string of the molecule is CC(Br)C(=O)N1C2CC3CCC2(CS1(=O)=O)C3(C)C. The van der Waals surface area contributed by atoms with Crippen LogP contribution >= 0.6 is 15.9 Å². The van der Waals surface area contributed by atoms with Crippen molar-refractivity contribution in [1.82, 2.24) is 4.31 Å². The molecule has 4 nitrogen and oxygen atoms in total. The van der Waals surface area contributed by atoms with Crippen LogP contribution in [-0.4, -0.2) is 35.3 Å². The molecule has 1 spiro atoms. The van der Waals surface area contributed by atoms with Crippen molar-refractivity contribution in [1.29, 1.82) is 0 Å². The number of halogens is 1. The van der Waals surface area contributed by atoms with Crippen molar-refractivity contribution in [3.8, 4) is 0 Å². The van der Waals surface area contributed by atoms with Crippen LogP contribution < -0.4 is 0 Å². The summed E-state index contributed by atoms with van der Waals surface area (Å²) in [5.74, 6) is 0.402. The predicted octanol–water partition coefficient (Wildman–Crippen LogP) is 2.14. The molecule has 1 aliphatic heterocycles. The van der Waals surface area contributed by atoms with Gasteiger partial charge in [-0.05, 0) is 37.5 Å². The van der Waals surface area contributed by atoms with E-state index in [1.165, 1.54) is 4.31 Å². The molecule has 2 saturated carbocycles. The molecule has 1 heterocycles. The molecule has 108 valence electrons. The zero-order valence-electron chi connectivity index (χ0n) is 11.5. The van der Waals surface area contributed by atoms with Crippen molar-refractivity contribution < 1.29 is 13.2 Å². The molecular formula is C13H20BrNO3S. The maximum Gasteiger partial charge on any atom is 0.249 e. The molecule has 1 saturated heterocycles. The number of carbonyl (C=O) groups excluding carboxylic acids is 1. The second-order valence-electron chi connectivity index (χ2n) is 6.87. The Hall–Kier alpha value is -0.100. The molecule has 6 heteroatoms. The first-order valence-electron chi connectivity index (χ1n) is 6.83. The zero-order valence-corrected chi connectivity index (χ0v) is 13.9. The second-order valence-corrected chi connectivity index (χ2v) is 10.1. The van der Waals surface area contributed by atoms with Crippen molar-refractivity contribution in [3.63, 3.8) is 0 Å². The van der Waals surface area contributed by atoms with E-state index in [4.69, 9.17) is 0 Å². The van der Waals surface area contributed by atoms with Crippen molar-refractivity contribution in [3.05, 3.63) is 0 Å². The number of rotatable bonds is 1. The quantitative estimate of drug-likeness (QED) is 0.681. The molecule has 2 aliphatic carbocycles. The van der Waals surface area contributed by atoms with E-state index in [2.05, 4.69) is 29.8 Å². The number of nitrogens with zero attached hydrogens (tertiary/aromatic N) is 1. The van der Waals surface area contributed by atoms with Gasteiger partial charge in [0.05, 0.1) is 16.6 Å². The van der Waals surface area contributed by atoms with Gasteiger partial charge < -0.3 is 0 Å². The Balaban J connectivity index is 2.09. The molecule has 0 aromatic heterocycles. The Kier molecular flexibility index (Phi) is 2.74. The Labute approximate surface area is 123 Å². The minimum absolute atomic E-state index is 0.0231. The molecule has 0 aromatic carbocycles. The van der Waals surface area contributed by atoms with Gasteiger partial charge in [-0.25, -0.2) is 12.7 Å². The molecule has 0 N–H and O–H groups in total. The summed E-state index contributed by atoms with van der Waals surface area (Å²) >= 11 is 3.22. The number of hydrogen-bond donors (Lipinski definition) is 0. The first kappa shape index (κ1) is 13.9. The lowest BCUT2D eigenvalue weighted by atomic mass is 9.69. The van der Waals surface area contributed by atoms with E-state index in [0.29, 0.717) is 5.92 Å². The van der Waals surface area contributed by atoms with Gasteiger partial charge in [0, 0.05) is 5.41 Å². The third-order valence-electron chi connectivity index (χ3n) is 5.97. The fraction of sp³-hybridized carbons (Fsp3) is 0.923. The van der Waals surface area contributed by atoms with Crippen LogP contribution in [0.1, 0.15) is 40.0 Å². The first-order chi connectivity index (χ1) is 8.63. The van der Waals surface area contributed by atoms with E-state index in [1.54, 1.807) is 6.92 Å². The van der Waals surface area contributed by atoms with Crippen molar-refractivity contribution in [2.45, 2.75) is 50.9 Å². The highest BCUT2D eigenvalue weighted by Gasteiger charge is 2.72. The highest BCUT2D eigenvalue weighted by Crippen LogP contribution is 2.70. The predicted molar refractivity (Wildman–Crippen MR) is 76.4 cm³/mol. The van der Waals surface area contributed by atoms with Crippen molar-refractivity contribution in [2.24, 2.45) is 16.7 Å². The summed E-state index contributed by atoms with van der Waals surface area (Å²) in [6.45, 7) is 6.07. The van der Waals surface area contributed by atoms with E-state index in [-0.39, 0.29) is 28.5 Å². The van der Waals surface area contributed by atoms with E-state index < -0.39 is 14.9 Å². The first-order valence-corrected chi connectivity index (χ1v) is 9.36. The van der Waals surface area contributed by atoms with Crippen LogP contribution in [0.5, 0.6) is 0 Å². The van der Waals surface area contributed by atoms with Gasteiger partial charge in [0.2, 0.25) is 15.9 Å². The van der Waals surface area contributed by atoms with Gasteiger partial charge >= 0.3 is 0 Å². The fourth-order valence-corrected chi connectivity index (χ4v) is 7.72. The van der Waals surface area contributed by atoms with Gasteiger partial charge in [-0.1, -0.05) is 29.8 Å². The Morgan fingerprint density at radius 1 is 1.42 bits per heavy atom. The van der Waals surface area contributed by atoms with Gasteiger partial charge in [0.25, 0.3) is 0 Å². The Morgan fingerprint density at radius 3 is 2.58 bits per heavy atom. The highest BCUT2D eigenvalue weighted by atomic mass is 79.9. The number of amides is 1. The van der Waals surface area contributed by atoms with Crippen LogP contribution in [0.2, 0.25) is 0 Å². The molecule has 1 amide bonds. The van der Waals surface area contributed by atoms with Gasteiger partial charge in [0.1, 0.15) is 0 Å². The highest BCUT2D eigenvalue weighted by molar-refractivity contribution is 9.10. The van der Waals surface area contributed by atoms with Gasteiger partial charge in [-0.2, -0.15) is 0 Å². The van der Waals surface area contributed by atoms with E-state index >= 15 is 0 Å². The normalized spacial score (nSPS) is 43.3. The smallest absolute Gasteiger partial charge is 0.249 e. The number of fused-ring (bicyclic) bond motifs is 1. The fourth-order valence-electron chi connectivity index (χ4n) is 4.75. The van der Waals surface area contributed by atoms with E-state index in [0.717, 1.165) is 19.3 Å². The van der Waals surface area contributed by atoms with Crippen LogP contribution in [0.15, 0.2) is 0 Å². The average molecular weight is 350 g/mol. The summed E-state index contributed by atoms with van der Waals surface area (Å²) in [4.78, 5) is 11.8. The van der Waals surface area contributed by atoms with Gasteiger partial charge in [0.15, 0.2) is 0 Å². The molecule has 3 rings (SSSR count). The van der Waals surface area contributed by atoms with E-state index in [9.17, 15) is 13.2 Å². The Bertz CT molecular complexity index is 542. The minimum Gasteiger partial charge on any atom is -0.273 e. The topological polar surface area (TPSA) is 54.5 Å². The van der Waals surface area contributed by atoms with Crippen molar-refractivity contribution in [2.75, 3.05) is 5.75 Å². The van der Waals surface area contributed by atoms with Gasteiger partial charge in [-0.15, -0.1) is 0 Å². The third kappa shape index (κ3) is 1.50. The summed E-state index contributed by atoms with van der Waals surface area (Å²) in [6, 6.07) is -0.112. The largest absolute Gasteiger partial charge is 0.273 e. The van der Waals surface area contributed by atoms with Crippen LogP contribution in [0.4, 0.5) is 0 Å². The number of carbonyl (C=O) groups is 1. The van der Waals surface area contributed by atoms with Crippen molar-refractivity contribution >= 4 is 31.9 Å². The maximum absolute atomic E-state index is 12.5. The summed E-state index contributed by atoms with van der Waals surface area (Å²) in [5, 5.41) is 0. The number of hydrogen-bond acceptors (Lipinski definition) is 3. The second kappa shape index (κ2) is 3.75. The standard InChI is InChI=1S/C13H20BrNO3S/c1-8(14)11(16)15-10-6-9-4-5-13(10,12(9,2)3)7-19(15,17)18/h8-10H,4-7H2,1-3H3. The number of sulfonamides is 1. The molecule has 0 aromatic rings. The summed E-state index contributed by atoms with van der Waals surface area (Å²) < 4.78 is 26.2. The Morgan fingerprint density at radius 2 is 2.05 bits per heavy atom. The summed E-state index contributed by atoms with van der Waals surface area (Å²) in [6.07, 6.45) is 2.89. The zero-order chi connectivity index (χ0) is 14.2.